The van der Waals surface area contributed by atoms with Crippen molar-refractivity contribution in [1.82, 2.24) is 4.90 Å². The lowest BCUT2D eigenvalue weighted by molar-refractivity contribution is -0.116. The Labute approximate surface area is 163 Å². The predicted octanol–water partition coefficient (Wildman–Crippen LogP) is 5.06. The highest BCUT2D eigenvalue weighted by Crippen LogP contribution is 2.29. The number of aliphatic imine (C=N–C) groups is 1. The maximum atomic E-state index is 12.3. The zero-order valence-electron chi connectivity index (χ0n) is 14.3. The lowest BCUT2D eigenvalue weighted by Gasteiger charge is -2.23. The van der Waals surface area contributed by atoms with Gasteiger partial charge < -0.3 is 10.2 Å². The van der Waals surface area contributed by atoms with Crippen LogP contribution >= 0.6 is 35.0 Å². The van der Waals surface area contributed by atoms with E-state index in [1.54, 1.807) is 30.0 Å². The number of amides is 1. The Kier molecular flexibility index (Phi) is 6.53. The second-order valence-corrected chi connectivity index (χ2v) is 8.46. The number of halogens is 2. The van der Waals surface area contributed by atoms with Crippen LogP contribution in [0.2, 0.25) is 10.0 Å². The lowest BCUT2D eigenvalue weighted by atomic mass is 9.96. The van der Waals surface area contributed by atoms with Gasteiger partial charge in [-0.25, -0.2) is 0 Å². The van der Waals surface area contributed by atoms with Gasteiger partial charge in [-0.15, -0.1) is 0 Å². The fourth-order valence-corrected chi connectivity index (χ4v) is 4.79. The molecule has 1 amide bonds. The Bertz CT molecular complexity index is 662. The summed E-state index contributed by atoms with van der Waals surface area (Å²) in [6.45, 7) is 0. The Morgan fingerprint density at radius 3 is 2.76 bits per heavy atom. The Morgan fingerprint density at radius 1 is 1.28 bits per heavy atom. The number of nitrogens with zero attached hydrogens (tertiary/aromatic N) is 2. The maximum absolute atomic E-state index is 12.3. The van der Waals surface area contributed by atoms with E-state index >= 15 is 0 Å². The molecule has 1 N–H and O–H groups in total. The summed E-state index contributed by atoms with van der Waals surface area (Å²) in [5.41, 5.74) is 0.670. The first-order chi connectivity index (χ1) is 12.0. The fraction of sp³-hybridized carbons (Fsp3) is 0.556. The van der Waals surface area contributed by atoms with Crippen molar-refractivity contribution in [3.05, 3.63) is 28.2 Å². The van der Waals surface area contributed by atoms with Crippen LogP contribution in [0.5, 0.6) is 0 Å². The number of amidine groups is 1. The van der Waals surface area contributed by atoms with E-state index in [0.29, 0.717) is 28.2 Å². The molecule has 3 rings (SSSR count). The molecule has 1 aromatic carbocycles. The van der Waals surface area contributed by atoms with Crippen molar-refractivity contribution in [2.75, 3.05) is 18.1 Å². The molecule has 4 nitrogen and oxygen atoms in total. The molecule has 1 heterocycles. The molecule has 1 atom stereocenters. The van der Waals surface area contributed by atoms with Gasteiger partial charge in [0.05, 0.1) is 16.1 Å². The van der Waals surface area contributed by atoms with Crippen LogP contribution in [-0.4, -0.2) is 40.9 Å². The summed E-state index contributed by atoms with van der Waals surface area (Å²) in [5.74, 6) is 0.881. The van der Waals surface area contributed by atoms with E-state index in [0.717, 1.165) is 10.9 Å². The zero-order chi connectivity index (χ0) is 17.8. The molecule has 0 aromatic heterocycles. The van der Waals surface area contributed by atoms with Crippen LogP contribution < -0.4 is 5.32 Å². The molecular formula is C18H23Cl2N3OS. The number of benzene rings is 1. The third kappa shape index (κ3) is 5.05. The molecule has 0 bridgehead atoms. The minimum absolute atomic E-state index is 0.0187. The van der Waals surface area contributed by atoms with E-state index in [9.17, 15) is 4.79 Å². The van der Waals surface area contributed by atoms with Gasteiger partial charge in [-0.3, -0.25) is 9.79 Å². The highest BCUT2D eigenvalue weighted by Gasteiger charge is 2.29. The molecule has 136 valence electrons. The van der Waals surface area contributed by atoms with Gasteiger partial charge in [0, 0.05) is 31.0 Å². The monoisotopic (exact) mass is 399 g/mol. The minimum atomic E-state index is -0.0187. The van der Waals surface area contributed by atoms with Crippen molar-refractivity contribution in [2.45, 2.75) is 50.6 Å². The fourth-order valence-electron chi connectivity index (χ4n) is 3.23. The summed E-state index contributed by atoms with van der Waals surface area (Å²) in [4.78, 5) is 19.4. The summed E-state index contributed by atoms with van der Waals surface area (Å²) < 4.78 is 0. The number of anilines is 1. The lowest BCUT2D eigenvalue weighted by Crippen LogP contribution is -2.34. The Balaban J connectivity index is 1.54. The van der Waals surface area contributed by atoms with Crippen LogP contribution in [0.25, 0.3) is 0 Å². The number of thioether (sulfide) groups is 1. The number of nitrogens with one attached hydrogen (secondary N) is 1. The van der Waals surface area contributed by atoms with Crippen molar-refractivity contribution in [2.24, 2.45) is 4.99 Å². The molecular weight excluding hydrogens is 377 g/mol. The molecule has 2 fully saturated rings. The van der Waals surface area contributed by atoms with Crippen LogP contribution in [0.3, 0.4) is 0 Å². The summed E-state index contributed by atoms with van der Waals surface area (Å²) in [6, 6.07) is 5.75. The van der Waals surface area contributed by atoms with E-state index in [2.05, 4.69) is 10.2 Å². The van der Waals surface area contributed by atoms with Crippen molar-refractivity contribution >= 4 is 51.7 Å². The molecule has 25 heavy (non-hydrogen) atoms. The third-order valence-corrected chi connectivity index (χ3v) is 6.69. The molecule has 7 heteroatoms. The summed E-state index contributed by atoms with van der Waals surface area (Å²) >= 11 is 13.7. The largest absolute Gasteiger partial charge is 0.350 e. The van der Waals surface area contributed by atoms with Crippen LogP contribution in [0.4, 0.5) is 5.69 Å². The first-order valence-electron chi connectivity index (χ1n) is 8.71. The predicted molar refractivity (Wildman–Crippen MR) is 108 cm³/mol. The Morgan fingerprint density at radius 2 is 2.04 bits per heavy atom. The van der Waals surface area contributed by atoms with Crippen molar-refractivity contribution < 1.29 is 4.79 Å². The molecule has 0 radical (unpaired) electrons. The highest BCUT2D eigenvalue weighted by atomic mass is 35.5. The molecule has 1 aliphatic heterocycles. The van der Waals surface area contributed by atoms with E-state index in [1.807, 2.05) is 7.05 Å². The minimum Gasteiger partial charge on any atom is -0.350 e. The maximum Gasteiger partial charge on any atom is 0.226 e. The molecule has 1 saturated carbocycles. The standard InChI is InChI=1S/C18H23Cl2N3OS/c1-23-14(11-25-18(23)22-12-5-3-2-4-6-12)10-17(24)21-13-7-8-15(19)16(20)9-13/h7-9,12,14H,2-6,10-11H2,1H3,(H,21,24). The van der Waals surface area contributed by atoms with Gasteiger partial charge in [-0.1, -0.05) is 54.2 Å². The van der Waals surface area contributed by atoms with Crippen molar-refractivity contribution in [3.8, 4) is 0 Å². The van der Waals surface area contributed by atoms with E-state index in [1.165, 1.54) is 32.1 Å². The van der Waals surface area contributed by atoms with Gasteiger partial charge in [0.15, 0.2) is 5.17 Å². The van der Waals surface area contributed by atoms with Crippen molar-refractivity contribution in [3.63, 3.8) is 0 Å². The van der Waals surface area contributed by atoms with Gasteiger partial charge >= 0.3 is 0 Å². The first-order valence-corrected chi connectivity index (χ1v) is 10.5. The van der Waals surface area contributed by atoms with Crippen LogP contribution in [0.15, 0.2) is 23.2 Å². The van der Waals surface area contributed by atoms with Crippen LogP contribution in [0.1, 0.15) is 38.5 Å². The zero-order valence-corrected chi connectivity index (χ0v) is 16.6. The van der Waals surface area contributed by atoms with Gasteiger partial charge in [0.1, 0.15) is 0 Å². The van der Waals surface area contributed by atoms with E-state index in [-0.39, 0.29) is 11.9 Å². The molecule has 1 saturated heterocycles. The van der Waals surface area contributed by atoms with Gasteiger partial charge in [0.25, 0.3) is 0 Å². The normalized spacial score (nSPS) is 23.2. The number of hydrogen-bond donors (Lipinski definition) is 1. The van der Waals surface area contributed by atoms with Gasteiger partial charge in [0.2, 0.25) is 5.91 Å². The summed E-state index contributed by atoms with van der Waals surface area (Å²) in [7, 11) is 2.04. The summed E-state index contributed by atoms with van der Waals surface area (Å²) in [6.07, 6.45) is 6.73. The number of rotatable bonds is 4. The average molecular weight is 400 g/mol. The molecule has 2 aliphatic rings. The number of carbonyl (C=O) groups is 1. The van der Waals surface area contributed by atoms with Crippen molar-refractivity contribution in [1.29, 1.82) is 0 Å². The summed E-state index contributed by atoms with van der Waals surface area (Å²) in [5, 5.41) is 4.90. The highest BCUT2D eigenvalue weighted by molar-refractivity contribution is 8.14. The first kappa shape index (κ1) is 18.9. The van der Waals surface area contributed by atoms with Crippen LogP contribution in [-0.2, 0) is 4.79 Å². The molecule has 1 aliphatic carbocycles. The second-order valence-electron chi connectivity index (χ2n) is 6.66. The van der Waals surface area contributed by atoms with Gasteiger partial charge in [-0.2, -0.15) is 0 Å². The topological polar surface area (TPSA) is 44.7 Å². The Hall–Kier alpha value is -0.910. The van der Waals surface area contributed by atoms with E-state index in [4.69, 9.17) is 28.2 Å². The average Bonchev–Trinajstić information content (AvgIpc) is 2.92. The number of hydrogen-bond acceptors (Lipinski definition) is 3. The van der Waals surface area contributed by atoms with Gasteiger partial charge in [-0.05, 0) is 31.0 Å². The smallest absolute Gasteiger partial charge is 0.226 e. The quantitative estimate of drug-likeness (QED) is 0.769. The third-order valence-electron chi connectivity index (χ3n) is 4.75. The molecule has 0 spiro atoms. The SMILES string of the molecule is CN1C(=NC2CCCCC2)SCC1CC(=O)Nc1ccc(Cl)c(Cl)c1. The molecule has 1 unspecified atom stereocenters. The van der Waals surface area contributed by atoms with Crippen LogP contribution in [0, 0.1) is 0 Å². The second kappa shape index (κ2) is 8.65. The van der Waals surface area contributed by atoms with E-state index < -0.39 is 0 Å². The number of carbonyl (C=O) groups excluding carboxylic acids is 1. The molecule has 1 aromatic rings.